The molecule has 1 aliphatic heterocycles. The molecule has 0 aromatic heterocycles. The van der Waals surface area contributed by atoms with Crippen molar-refractivity contribution in [1.29, 1.82) is 0 Å². The van der Waals surface area contributed by atoms with Gasteiger partial charge in [0.05, 0.1) is 7.11 Å². The van der Waals surface area contributed by atoms with Crippen LogP contribution in [0.25, 0.3) is 0 Å². The molecule has 1 aromatic rings. The van der Waals surface area contributed by atoms with Gasteiger partial charge in [0.25, 0.3) is 0 Å². The van der Waals surface area contributed by atoms with Gasteiger partial charge in [-0.25, -0.2) is 0 Å². The number of nitrogens with zero attached hydrogens (tertiary/aromatic N) is 1. The molecule has 0 spiro atoms. The SMILES string of the molecule is COc1ccccc1C1CCN(C2CCCCCC2)CC1. The van der Waals surface area contributed by atoms with Crippen LogP contribution in [0, 0.1) is 0 Å². The molecule has 0 unspecified atom stereocenters. The second-order valence-corrected chi connectivity index (χ2v) is 6.70. The van der Waals surface area contributed by atoms with E-state index in [2.05, 4.69) is 29.2 Å². The Bertz CT molecular complexity index is 429. The zero-order valence-electron chi connectivity index (χ0n) is 13.4. The minimum Gasteiger partial charge on any atom is -0.496 e. The predicted octanol–water partition coefficient (Wildman–Crippen LogP) is 4.60. The molecule has 116 valence electrons. The van der Waals surface area contributed by atoms with E-state index in [4.69, 9.17) is 4.74 Å². The smallest absolute Gasteiger partial charge is 0.122 e. The van der Waals surface area contributed by atoms with E-state index in [1.165, 1.54) is 70.0 Å². The van der Waals surface area contributed by atoms with Gasteiger partial charge >= 0.3 is 0 Å². The van der Waals surface area contributed by atoms with Crippen LogP contribution in [0.15, 0.2) is 24.3 Å². The minimum absolute atomic E-state index is 0.683. The summed E-state index contributed by atoms with van der Waals surface area (Å²) >= 11 is 0. The van der Waals surface area contributed by atoms with Gasteiger partial charge in [-0.15, -0.1) is 0 Å². The van der Waals surface area contributed by atoms with Crippen molar-refractivity contribution < 1.29 is 4.74 Å². The van der Waals surface area contributed by atoms with E-state index >= 15 is 0 Å². The molecule has 2 aliphatic rings. The van der Waals surface area contributed by atoms with Crippen LogP contribution in [0.1, 0.15) is 62.8 Å². The number of ether oxygens (including phenoxy) is 1. The summed E-state index contributed by atoms with van der Waals surface area (Å²) in [6, 6.07) is 9.45. The highest BCUT2D eigenvalue weighted by Crippen LogP contribution is 2.35. The van der Waals surface area contributed by atoms with Gasteiger partial charge in [0, 0.05) is 6.04 Å². The fourth-order valence-electron chi connectivity index (χ4n) is 4.20. The number of likely N-dealkylation sites (tertiary alicyclic amines) is 1. The van der Waals surface area contributed by atoms with Gasteiger partial charge in [-0.2, -0.15) is 0 Å². The van der Waals surface area contributed by atoms with E-state index in [-0.39, 0.29) is 0 Å². The van der Waals surface area contributed by atoms with Gasteiger partial charge < -0.3 is 9.64 Å². The van der Waals surface area contributed by atoms with Crippen molar-refractivity contribution >= 4 is 0 Å². The van der Waals surface area contributed by atoms with Gasteiger partial charge in [-0.3, -0.25) is 0 Å². The van der Waals surface area contributed by atoms with Gasteiger partial charge in [0.2, 0.25) is 0 Å². The fourth-order valence-corrected chi connectivity index (χ4v) is 4.20. The zero-order chi connectivity index (χ0) is 14.5. The Labute approximate surface area is 129 Å². The minimum atomic E-state index is 0.683. The van der Waals surface area contributed by atoms with Crippen molar-refractivity contribution in [3.63, 3.8) is 0 Å². The standard InChI is InChI=1S/C19H29NO/c1-21-19-11-7-6-10-18(19)16-12-14-20(15-13-16)17-8-4-2-3-5-9-17/h6-7,10-11,16-17H,2-5,8-9,12-15H2,1H3. The van der Waals surface area contributed by atoms with E-state index in [0.717, 1.165) is 11.8 Å². The highest BCUT2D eigenvalue weighted by molar-refractivity contribution is 5.36. The summed E-state index contributed by atoms with van der Waals surface area (Å²) in [5, 5.41) is 0. The third-order valence-electron chi connectivity index (χ3n) is 5.45. The summed E-state index contributed by atoms with van der Waals surface area (Å²) in [6.45, 7) is 2.54. The largest absolute Gasteiger partial charge is 0.496 e. The van der Waals surface area contributed by atoms with Gasteiger partial charge in [0.15, 0.2) is 0 Å². The van der Waals surface area contributed by atoms with E-state index < -0.39 is 0 Å². The maximum absolute atomic E-state index is 5.54. The van der Waals surface area contributed by atoms with Crippen molar-refractivity contribution in [1.82, 2.24) is 4.90 Å². The molecule has 0 bridgehead atoms. The molecule has 1 heterocycles. The third kappa shape index (κ3) is 3.60. The predicted molar refractivity (Wildman–Crippen MR) is 88.0 cm³/mol. The molecule has 21 heavy (non-hydrogen) atoms. The van der Waals surface area contributed by atoms with Crippen molar-refractivity contribution in [2.75, 3.05) is 20.2 Å². The summed E-state index contributed by atoms with van der Waals surface area (Å²) in [6.07, 6.45) is 11.2. The van der Waals surface area contributed by atoms with Crippen molar-refractivity contribution in [3.05, 3.63) is 29.8 Å². The topological polar surface area (TPSA) is 12.5 Å². The number of hydrogen-bond donors (Lipinski definition) is 0. The van der Waals surface area contributed by atoms with Crippen LogP contribution >= 0.6 is 0 Å². The molecule has 0 N–H and O–H groups in total. The lowest BCUT2D eigenvalue weighted by Crippen LogP contribution is -2.40. The zero-order valence-corrected chi connectivity index (χ0v) is 13.4. The number of hydrogen-bond acceptors (Lipinski definition) is 2. The summed E-state index contributed by atoms with van der Waals surface area (Å²) in [7, 11) is 1.79. The fraction of sp³-hybridized carbons (Fsp3) is 0.684. The number of benzene rings is 1. The molecule has 1 saturated heterocycles. The maximum atomic E-state index is 5.54. The van der Waals surface area contributed by atoms with Crippen molar-refractivity contribution in [2.24, 2.45) is 0 Å². The lowest BCUT2D eigenvalue weighted by atomic mass is 9.87. The van der Waals surface area contributed by atoms with E-state index in [9.17, 15) is 0 Å². The molecule has 3 rings (SSSR count). The summed E-state index contributed by atoms with van der Waals surface area (Å²) < 4.78 is 5.54. The van der Waals surface area contributed by atoms with Crippen LogP contribution in [-0.2, 0) is 0 Å². The molecule has 1 aromatic carbocycles. The highest BCUT2D eigenvalue weighted by atomic mass is 16.5. The lowest BCUT2D eigenvalue weighted by molar-refractivity contribution is 0.138. The molecule has 0 radical (unpaired) electrons. The van der Waals surface area contributed by atoms with E-state index in [1.54, 1.807) is 7.11 Å². The Morgan fingerprint density at radius 2 is 1.57 bits per heavy atom. The first-order valence-electron chi connectivity index (χ1n) is 8.75. The van der Waals surface area contributed by atoms with Crippen LogP contribution < -0.4 is 4.74 Å². The van der Waals surface area contributed by atoms with Gasteiger partial charge in [-0.05, 0) is 56.3 Å². The van der Waals surface area contributed by atoms with Gasteiger partial charge in [-0.1, -0.05) is 43.9 Å². The van der Waals surface area contributed by atoms with Crippen LogP contribution in [0.5, 0.6) is 5.75 Å². The second kappa shape index (κ2) is 7.31. The van der Waals surface area contributed by atoms with E-state index in [0.29, 0.717) is 5.92 Å². The molecule has 0 amide bonds. The molecular formula is C19H29NO. The summed E-state index contributed by atoms with van der Waals surface area (Å²) in [5.74, 6) is 1.76. The van der Waals surface area contributed by atoms with Crippen molar-refractivity contribution in [3.8, 4) is 5.75 Å². The molecule has 2 nitrogen and oxygen atoms in total. The van der Waals surface area contributed by atoms with Crippen molar-refractivity contribution in [2.45, 2.75) is 63.3 Å². The molecule has 2 heteroatoms. The first-order chi connectivity index (χ1) is 10.4. The Hall–Kier alpha value is -1.02. The van der Waals surface area contributed by atoms with Crippen LogP contribution in [-0.4, -0.2) is 31.1 Å². The van der Waals surface area contributed by atoms with Crippen LogP contribution in [0.3, 0.4) is 0 Å². The Kier molecular flexibility index (Phi) is 5.18. The molecule has 1 aliphatic carbocycles. The maximum Gasteiger partial charge on any atom is 0.122 e. The van der Waals surface area contributed by atoms with Crippen LogP contribution in [0.2, 0.25) is 0 Å². The van der Waals surface area contributed by atoms with Gasteiger partial charge in [0.1, 0.15) is 5.75 Å². The quantitative estimate of drug-likeness (QED) is 0.753. The van der Waals surface area contributed by atoms with Crippen LogP contribution in [0.4, 0.5) is 0 Å². The normalized spacial score (nSPS) is 22.9. The molecule has 2 fully saturated rings. The number of methoxy groups -OCH3 is 1. The highest BCUT2D eigenvalue weighted by Gasteiger charge is 2.27. The van der Waals surface area contributed by atoms with E-state index in [1.807, 2.05) is 0 Å². The number of para-hydroxylation sites is 1. The molecule has 1 saturated carbocycles. The monoisotopic (exact) mass is 287 g/mol. The first-order valence-corrected chi connectivity index (χ1v) is 8.75. The summed E-state index contributed by atoms with van der Waals surface area (Å²) in [5.41, 5.74) is 1.42. The lowest BCUT2D eigenvalue weighted by Gasteiger charge is -2.37. The molecular weight excluding hydrogens is 258 g/mol. The first kappa shape index (κ1) is 14.9. The average Bonchev–Trinajstić information content (AvgIpc) is 2.84. The summed E-state index contributed by atoms with van der Waals surface area (Å²) in [4.78, 5) is 2.78. The Balaban J connectivity index is 1.59. The number of piperidine rings is 1. The molecule has 0 atom stereocenters. The average molecular weight is 287 g/mol. The number of rotatable bonds is 3. The Morgan fingerprint density at radius 1 is 0.905 bits per heavy atom. The Morgan fingerprint density at radius 3 is 2.24 bits per heavy atom. The second-order valence-electron chi connectivity index (χ2n) is 6.70. The third-order valence-corrected chi connectivity index (χ3v) is 5.45.